The lowest BCUT2D eigenvalue weighted by Gasteiger charge is -2.25. The molecule has 1 aromatic carbocycles. The van der Waals surface area contributed by atoms with Gasteiger partial charge in [-0.1, -0.05) is 37.3 Å². The van der Waals surface area contributed by atoms with Gasteiger partial charge in [-0.2, -0.15) is 0 Å². The van der Waals surface area contributed by atoms with Crippen molar-refractivity contribution in [1.29, 1.82) is 0 Å². The van der Waals surface area contributed by atoms with Crippen LogP contribution < -0.4 is 5.32 Å². The zero-order chi connectivity index (χ0) is 15.3. The van der Waals surface area contributed by atoms with E-state index in [9.17, 15) is 4.79 Å². The van der Waals surface area contributed by atoms with Gasteiger partial charge < -0.3 is 5.32 Å². The van der Waals surface area contributed by atoms with Crippen LogP contribution in [0, 0.1) is 0 Å². The molecule has 0 radical (unpaired) electrons. The van der Waals surface area contributed by atoms with Gasteiger partial charge in [-0.3, -0.25) is 9.89 Å². The molecule has 5 heteroatoms. The number of aromatic nitrogens is 3. The van der Waals surface area contributed by atoms with Gasteiger partial charge in [0.2, 0.25) is 5.82 Å². The maximum atomic E-state index is 12.1. The highest BCUT2D eigenvalue weighted by atomic mass is 16.2. The molecule has 0 aliphatic heterocycles. The number of amides is 1. The average Bonchev–Trinajstić information content (AvgIpc) is 2.95. The van der Waals surface area contributed by atoms with Gasteiger partial charge in [-0.05, 0) is 32.3 Å². The Morgan fingerprint density at radius 3 is 2.62 bits per heavy atom. The van der Waals surface area contributed by atoms with Crippen LogP contribution in [0.2, 0.25) is 0 Å². The first-order chi connectivity index (χ1) is 10.00. The van der Waals surface area contributed by atoms with E-state index in [4.69, 9.17) is 0 Å². The summed E-state index contributed by atoms with van der Waals surface area (Å²) >= 11 is 0. The van der Waals surface area contributed by atoms with Gasteiger partial charge in [0.15, 0.2) is 0 Å². The molecule has 0 spiro atoms. The minimum Gasteiger partial charge on any atom is -0.344 e. The number of aryl methyl sites for hydroxylation is 2. The van der Waals surface area contributed by atoms with E-state index in [0.717, 1.165) is 25.1 Å². The molecule has 1 amide bonds. The number of hydrogen-bond acceptors (Lipinski definition) is 3. The fourth-order valence-electron chi connectivity index (χ4n) is 2.08. The molecular weight excluding hydrogens is 264 g/mol. The molecule has 0 atom stereocenters. The number of hydrogen-bond donors (Lipinski definition) is 2. The molecule has 2 rings (SSSR count). The standard InChI is InChI=1S/C16H22N4O/c1-4-13-17-14(20-19-13)15(21)18-16(2,3)11-10-12-8-6-5-7-9-12/h5-9H,4,10-11H2,1-3H3,(H,18,21)(H,17,19,20). The van der Waals surface area contributed by atoms with Crippen molar-refractivity contribution in [2.24, 2.45) is 0 Å². The number of carbonyl (C=O) groups is 1. The smallest absolute Gasteiger partial charge is 0.291 e. The van der Waals surface area contributed by atoms with Gasteiger partial charge in [0.25, 0.3) is 5.91 Å². The van der Waals surface area contributed by atoms with Crippen LogP contribution in [0.25, 0.3) is 0 Å². The van der Waals surface area contributed by atoms with Crippen LogP contribution in [0.1, 0.15) is 49.2 Å². The third-order valence-electron chi connectivity index (χ3n) is 3.40. The fraction of sp³-hybridized carbons (Fsp3) is 0.438. The van der Waals surface area contributed by atoms with Gasteiger partial charge >= 0.3 is 0 Å². The van der Waals surface area contributed by atoms with Crippen molar-refractivity contribution in [3.8, 4) is 0 Å². The Kier molecular flexibility index (Phi) is 4.73. The van der Waals surface area contributed by atoms with E-state index in [2.05, 4.69) is 32.6 Å². The van der Waals surface area contributed by atoms with Crippen molar-refractivity contribution in [3.63, 3.8) is 0 Å². The molecule has 0 bridgehead atoms. The van der Waals surface area contributed by atoms with E-state index in [1.54, 1.807) is 0 Å². The topological polar surface area (TPSA) is 70.7 Å². The Labute approximate surface area is 125 Å². The Bertz CT molecular complexity index is 589. The predicted molar refractivity (Wildman–Crippen MR) is 82.1 cm³/mol. The molecule has 1 heterocycles. The normalized spacial score (nSPS) is 11.4. The maximum Gasteiger partial charge on any atom is 0.291 e. The van der Waals surface area contributed by atoms with Crippen LogP contribution in [0.3, 0.4) is 0 Å². The van der Waals surface area contributed by atoms with Crippen molar-refractivity contribution in [2.75, 3.05) is 0 Å². The number of aromatic amines is 1. The number of benzene rings is 1. The van der Waals surface area contributed by atoms with Crippen LogP contribution in [0.4, 0.5) is 0 Å². The summed E-state index contributed by atoms with van der Waals surface area (Å²) < 4.78 is 0. The number of H-pyrrole nitrogens is 1. The second-order valence-electron chi connectivity index (χ2n) is 5.78. The number of nitrogens with one attached hydrogen (secondary N) is 2. The van der Waals surface area contributed by atoms with Gasteiger partial charge in [-0.25, -0.2) is 4.98 Å². The van der Waals surface area contributed by atoms with Crippen LogP contribution in [0.5, 0.6) is 0 Å². The number of nitrogens with zero attached hydrogens (tertiary/aromatic N) is 2. The second kappa shape index (κ2) is 6.52. The largest absolute Gasteiger partial charge is 0.344 e. The van der Waals surface area contributed by atoms with Crippen molar-refractivity contribution in [3.05, 3.63) is 47.5 Å². The summed E-state index contributed by atoms with van der Waals surface area (Å²) in [5.74, 6) is 0.700. The van der Waals surface area contributed by atoms with Gasteiger partial charge in [-0.15, -0.1) is 5.10 Å². The Hall–Kier alpha value is -2.17. The van der Waals surface area contributed by atoms with Crippen LogP contribution >= 0.6 is 0 Å². The van der Waals surface area contributed by atoms with E-state index < -0.39 is 0 Å². The summed E-state index contributed by atoms with van der Waals surface area (Å²) in [7, 11) is 0. The average molecular weight is 286 g/mol. The minimum absolute atomic E-state index is 0.208. The van der Waals surface area contributed by atoms with E-state index >= 15 is 0 Å². The molecule has 1 aromatic heterocycles. The Balaban J connectivity index is 1.92. The SMILES string of the molecule is CCc1nc(C(=O)NC(C)(C)CCc2ccccc2)n[nH]1. The molecule has 0 saturated heterocycles. The monoisotopic (exact) mass is 286 g/mol. The third kappa shape index (κ3) is 4.41. The Morgan fingerprint density at radius 1 is 1.29 bits per heavy atom. The van der Waals surface area contributed by atoms with Crippen LogP contribution in [-0.4, -0.2) is 26.6 Å². The minimum atomic E-state index is -0.306. The lowest BCUT2D eigenvalue weighted by Crippen LogP contribution is -2.44. The molecule has 2 aromatic rings. The van der Waals surface area contributed by atoms with E-state index in [-0.39, 0.29) is 17.3 Å². The molecular formula is C16H22N4O. The van der Waals surface area contributed by atoms with E-state index in [1.807, 2.05) is 39.0 Å². The second-order valence-corrected chi connectivity index (χ2v) is 5.78. The summed E-state index contributed by atoms with van der Waals surface area (Å²) in [5.41, 5.74) is 0.964. The highest BCUT2D eigenvalue weighted by molar-refractivity contribution is 5.90. The van der Waals surface area contributed by atoms with E-state index in [1.165, 1.54) is 5.56 Å². The van der Waals surface area contributed by atoms with Crippen molar-refractivity contribution < 1.29 is 4.79 Å². The number of carbonyl (C=O) groups excluding carboxylic acids is 1. The van der Waals surface area contributed by atoms with Gasteiger partial charge in [0.05, 0.1) is 0 Å². The summed E-state index contributed by atoms with van der Waals surface area (Å²) in [5, 5.41) is 9.70. The first-order valence-corrected chi connectivity index (χ1v) is 7.28. The molecule has 0 aliphatic rings. The highest BCUT2D eigenvalue weighted by Crippen LogP contribution is 2.14. The molecule has 0 saturated carbocycles. The van der Waals surface area contributed by atoms with Crippen LogP contribution in [0.15, 0.2) is 30.3 Å². The summed E-state index contributed by atoms with van der Waals surface area (Å²) in [6, 6.07) is 10.3. The lowest BCUT2D eigenvalue weighted by atomic mass is 9.95. The molecule has 21 heavy (non-hydrogen) atoms. The zero-order valence-corrected chi connectivity index (χ0v) is 12.8. The summed E-state index contributed by atoms with van der Waals surface area (Å²) in [4.78, 5) is 16.3. The van der Waals surface area contributed by atoms with Crippen molar-refractivity contribution >= 4 is 5.91 Å². The van der Waals surface area contributed by atoms with E-state index in [0.29, 0.717) is 0 Å². The quantitative estimate of drug-likeness (QED) is 0.857. The van der Waals surface area contributed by atoms with Crippen molar-refractivity contribution in [2.45, 2.75) is 45.6 Å². The molecule has 0 aliphatic carbocycles. The fourth-order valence-corrected chi connectivity index (χ4v) is 2.08. The van der Waals surface area contributed by atoms with Crippen LogP contribution in [-0.2, 0) is 12.8 Å². The maximum absolute atomic E-state index is 12.1. The highest BCUT2D eigenvalue weighted by Gasteiger charge is 2.23. The summed E-state index contributed by atoms with van der Waals surface area (Å²) in [6.45, 7) is 5.99. The molecule has 2 N–H and O–H groups in total. The van der Waals surface area contributed by atoms with Gasteiger partial charge in [0, 0.05) is 12.0 Å². The summed E-state index contributed by atoms with van der Waals surface area (Å²) in [6.07, 6.45) is 2.51. The predicted octanol–water partition coefficient (Wildman–Crippen LogP) is 2.51. The zero-order valence-electron chi connectivity index (χ0n) is 12.8. The molecule has 112 valence electrons. The van der Waals surface area contributed by atoms with Gasteiger partial charge in [0.1, 0.15) is 5.82 Å². The molecule has 5 nitrogen and oxygen atoms in total. The first-order valence-electron chi connectivity index (χ1n) is 7.28. The molecule has 0 unspecified atom stereocenters. The lowest BCUT2D eigenvalue weighted by molar-refractivity contribution is 0.0899. The van der Waals surface area contributed by atoms with Crippen molar-refractivity contribution in [1.82, 2.24) is 20.5 Å². The third-order valence-corrected chi connectivity index (χ3v) is 3.40. The molecule has 0 fully saturated rings. The Morgan fingerprint density at radius 2 is 2.00 bits per heavy atom. The number of rotatable bonds is 6. The first kappa shape index (κ1) is 15.2.